The van der Waals surface area contributed by atoms with Gasteiger partial charge in [-0.2, -0.15) is 0 Å². The first-order valence-electron chi connectivity index (χ1n) is 17.4. The number of benzene rings is 6. The van der Waals surface area contributed by atoms with Gasteiger partial charge in [-0.1, -0.05) is 72.8 Å². The summed E-state index contributed by atoms with van der Waals surface area (Å²) in [5.41, 5.74) is 10.8. The Morgan fingerprint density at radius 1 is 0.404 bits per heavy atom. The van der Waals surface area contributed by atoms with Gasteiger partial charge in [0.1, 0.15) is 28.1 Å². The lowest BCUT2D eigenvalue weighted by molar-refractivity contribution is 0.669. The molecule has 0 atom stereocenters. The lowest BCUT2D eigenvalue weighted by Crippen LogP contribution is -1.98. The van der Waals surface area contributed by atoms with Crippen LogP contribution in [-0.2, 0) is 0 Å². The van der Waals surface area contributed by atoms with Crippen LogP contribution >= 0.6 is 0 Å². The van der Waals surface area contributed by atoms with Gasteiger partial charge in [0.2, 0.25) is 0 Å². The number of furan rings is 2. The van der Waals surface area contributed by atoms with Crippen LogP contribution in [0.25, 0.3) is 110 Å². The zero-order valence-corrected chi connectivity index (χ0v) is 27.6. The molecule has 0 amide bonds. The van der Waals surface area contributed by atoms with Gasteiger partial charge in [0, 0.05) is 54.9 Å². The molecule has 242 valence electrons. The minimum atomic E-state index is 0.834. The third kappa shape index (κ3) is 3.67. The van der Waals surface area contributed by atoms with E-state index in [0.29, 0.717) is 0 Å². The zero-order valence-electron chi connectivity index (χ0n) is 27.6. The number of fused-ring (bicyclic) bond motifs is 14. The Bertz CT molecular complexity index is 3410. The Morgan fingerprint density at radius 3 is 1.58 bits per heavy atom. The van der Waals surface area contributed by atoms with Crippen molar-refractivity contribution < 1.29 is 8.83 Å². The molecule has 6 heterocycles. The standard InChI is InChI=1S/C46H26N4O2/c1-5-13-34-29(9-1)43-36(19-21-40-45(43)31-11-3-7-15-38(31)51-40)49(34)28-17-18-33(48-26-28)27-23-24-47-42(25-27)50-35-14-6-2-10-30(35)44-37(50)20-22-41-46(44)32-12-4-8-16-39(32)52-41/h1-26H. The largest absolute Gasteiger partial charge is 0.456 e. The molecular weight excluding hydrogens is 641 g/mol. The second-order valence-electron chi connectivity index (χ2n) is 13.4. The molecule has 6 aromatic carbocycles. The summed E-state index contributed by atoms with van der Waals surface area (Å²) >= 11 is 0. The lowest BCUT2D eigenvalue weighted by atomic mass is 10.1. The summed E-state index contributed by atoms with van der Waals surface area (Å²) < 4.78 is 17.1. The smallest absolute Gasteiger partial charge is 0.138 e. The summed E-state index contributed by atoms with van der Waals surface area (Å²) in [7, 11) is 0. The van der Waals surface area contributed by atoms with Crippen molar-refractivity contribution >= 4 is 87.5 Å². The average molecular weight is 667 g/mol. The first-order valence-corrected chi connectivity index (χ1v) is 17.4. The summed E-state index contributed by atoms with van der Waals surface area (Å²) in [6, 6.07) is 50.5. The molecule has 0 unspecified atom stereocenters. The van der Waals surface area contributed by atoms with Crippen LogP contribution in [0.4, 0.5) is 0 Å². The van der Waals surface area contributed by atoms with Crippen molar-refractivity contribution in [2.45, 2.75) is 0 Å². The molecule has 0 aliphatic rings. The molecule has 0 fully saturated rings. The van der Waals surface area contributed by atoms with Crippen LogP contribution in [0, 0.1) is 0 Å². The zero-order chi connectivity index (χ0) is 33.9. The van der Waals surface area contributed by atoms with E-state index in [2.05, 4.69) is 124 Å². The molecule has 0 bridgehead atoms. The second-order valence-corrected chi connectivity index (χ2v) is 13.4. The molecule has 0 saturated heterocycles. The van der Waals surface area contributed by atoms with Crippen LogP contribution < -0.4 is 0 Å². The first kappa shape index (κ1) is 27.6. The van der Waals surface area contributed by atoms with Gasteiger partial charge in [-0.05, 0) is 72.8 Å². The van der Waals surface area contributed by atoms with E-state index < -0.39 is 0 Å². The van der Waals surface area contributed by atoms with E-state index >= 15 is 0 Å². The molecular formula is C46H26N4O2. The van der Waals surface area contributed by atoms with Crippen LogP contribution in [0.3, 0.4) is 0 Å². The van der Waals surface area contributed by atoms with E-state index in [1.54, 1.807) is 0 Å². The van der Waals surface area contributed by atoms with Gasteiger partial charge in [-0.25, -0.2) is 4.98 Å². The Labute approximate surface area is 295 Å². The number of nitrogens with zero attached hydrogens (tertiary/aromatic N) is 4. The van der Waals surface area contributed by atoms with E-state index in [9.17, 15) is 0 Å². The highest BCUT2D eigenvalue weighted by Crippen LogP contribution is 2.43. The maximum absolute atomic E-state index is 6.28. The number of rotatable bonds is 3. The maximum Gasteiger partial charge on any atom is 0.138 e. The van der Waals surface area contributed by atoms with Crippen LogP contribution in [0.5, 0.6) is 0 Å². The van der Waals surface area contributed by atoms with Crippen LogP contribution in [0.15, 0.2) is 167 Å². The second kappa shape index (κ2) is 10.2. The number of aromatic nitrogens is 4. The molecule has 6 aromatic heterocycles. The number of pyridine rings is 2. The summed E-state index contributed by atoms with van der Waals surface area (Å²) in [5.74, 6) is 0.834. The van der Waals surface area contributed by atoms with Crippen molar-refractivity contribution in [1.82, 2.24) is 19.1 Å². The Balaban J connectivity index is 1.02. The van der Waals surface area contributed by atoms with E-state index in [-0.39, 0.29) is 0 Å². The number of hydrogen-bond acceptors (Lipinski definition) is 4. The quantitative estimate of drug-likeness (QED) is 0.188. The molecule has 0 N–H and O–H groups in total. The molecule has 0 aliphatic heterocycles. The maximum atomic E-state index is 6.28. The third-order valence-electron chi connectivity index (χ3n) is 10.6. The lowest BCUT2D eigenvalue weighted by Gasteiger charge is -2.10. The molecule has 0 aliphatic carbocycles. The molecule has 52 heavy (non-hydrogen) atoms. The van der Waals surface area contributed by atoms with E-state index in [1.165, 1.54) is 16.2 Å². The highest BCUT2D eigenvalue weighted by molar-refractivity contribution is 6.28. The van der Waals surface area contributed by atoms with E-state index in [0.717, 1.165) is 94.1 Å². The predicted octanol–water partition coefficient (Wildman–Crippen LogP) is 12.1. The van der Waals surface area contributed by atoms with Crippen LogP contribution in [0.2, 0.25) is 0 Å². The van der Waals surface area contributed by atoms with Crippen molar-refractivity contribution in [3.63, 3.8) is 0 Å². The fourth-order valence-electron chi connectivity index (χ4n) is 8.46. The molecule has 12 rings (SSSR count). The fraction of sp³-hybridized carbons (Fsp3) is 0. The molecule has 0 spiro atoms. The van der Waals surface area contributed by atoms with Gasteiger partial charge in [-0.15, -0.1) is 0 Å². The summed E-state index contributed by atoms with van der Waals surface area (Å²) in [6.45, 7) is 0. The highest BCUT2D eigenvalue weighted by Gasteiger charge is 2.21. The van der Waals surface area contributed by atoms with Crippen molar-refractivity contribution in [3.8, 4) is 22.8 Å². The predicted molar refractivity (Wildman–Crippen MR) is 211 cm³/mol. The SMILES string of the molecule is c1ccc2c(c1)oc1ccc3c(c4ccccc4n3-c3ccc(-c4ccnc(-n5c6ccccc6c6c7c(ccc65)oc5ccccc57)c4)nc3)c12. The van der Waals surface area contributed by atoms with Gasteiger partial charge >= 0.3 is 0 Å². The Kier molecular flexibility index (Phi) is 5.41. The average Bonchev–Trinajstić information content (AvgIpc) is 3.95. The molecule has 0 saturated carbocycles. The monoisotopic (exact) mass is 666 g/mol. The van der Waals surface area contributed by atoms with Gasteiger partial charge in [0.15, 0.2) is 0 Å². The van der Waals surface area contributed by atoms with Crippen molar-refractivity contribution in [2.75, 3.05) is 0 Å². The summed E-state index contributed by atoms with van der Waals surface area (Å²) in [4.78, 5) is 9.95. The molecule has 0 radical (unpaired) electrons. The Hall–Kier alpha value is -7.18. The normalized spacial score (nSPS) is 12.2. The van der Waals surface area contributed by atoms with Crippen LogP contribution in [-0.4, -0.2) is 19.1 Å². The van der Waals surface area contributed by atoms with E-state index in [1.807, 2.05) is 42.7 Å². The van der Waals surface area contributed by atoms with Gasteiger partial charge in [0.05, 0.1) is 39.6 Å². The molecule has 6 heteroatoms. The Morgan fingerprint density at radius 2 is 0.962 bits per heavy atom. The third-order valence-corrected chi connectivity index (χ3v) is 10.6. The van der Waals surface area contributed by atoms with Gasteiger partial charge < -0.3 is 13.4 Å². The summed E-state index contributed by atoms with van der Waals surface area (Å²) in [6.07, 6.45) is 3.85. The molecule has 12 aromatic rings. The molecule has 6 nitrogen and oxygen atoms in total. The first-order chi connectivity index (χ1) is 25.8. The van der Waals surface area contributed by atoms with E-state index in [4.69, 9.17) is 18.8 Å². The van der Waals surface area contributed by atoms with Crippen molar-refractivity contribution in [2.24, 2.45) is 0 Å². The summed E-state index contributed by atoms with van der Waals surface area (Å²) in [5, 5.41) is 9.21. The fourth-order valence-corrected chi connectivity index (χ4v) is 8.46. The van der Waals surface area contributed by atoms with Gasteiger partial charge in [0.25, 0.3) is 0 Å². The minimum Gasteiger partial charge on any atom is -0.456 e. The minimum absolute atomic E-state index is 0.834. The van der Waals surface area contributed by atoms with Gasteiger partial charge in [-0.3, -0.25) is 9.55 Å². The number of para-hydroxylation sites is 4. The van der Waals surface area contributed by atoms with Crippen molar-refractivity contribution in [1.29, 1.82) is 0 Å². The number of hydrogen-bond donors (Lipinski definition) is 0. The topological polar surface area (TPSA) is 61.9 Å². The van der Waals surface area contributed by atoms with Crippen LogP contribution in [0.1, 0.15) is 0 Å². The highest BCUT2D eigenvalue weighted by atomic mass is 16.3. The van der Waals surface area contributed by atoms with Crippen molar-refractivity contribution in [3.05, 3.63) is 158 Å².